The van der Waals surface area contributed by atoms with Crippen LogP contribution in [0, 0.1) is 5.92 Å². The number of rotatable bonds is 6. The van der Waals surface area contributed by atoms with Crippen LogP contribution in [0.4, 0.5) is 13.2 Å². The molecular weight excluding hydrogens is 472 g/mol. The van der Waals surface area contributed by atoms with Gasteiger partial charge in [-0.15, -0.1) is 24.0 Å². The molecule has 0 bridgehead atoms. The number of nitrogens with zero attached hydrogens (tertiary/aromatic N) is 3. The van der Waals surface area contributed by atoms with E-state index in [0.29, 0.717) is 23.7 Å². The predicted molar refractivity (Wildman–Crippen MR) is 104 cm³/mol. The molecule has 150 valence electrons. The molecule has 0 amide bonds. The van der Waals surface area contributed by atoms with Crippen molar-refractivity contribution in [2.45, 2.75) is 38.1 Å². The van der Waals surface area contributed by atoms with Crippen LogP contribution in [-0.2, 0) is 10.0 Å². The quantitative estimate of drug-likeness (QED) is 0.346. The average molecular weight is 500 g/mol. The second-order valence-electron chi connectivity index (χ2n) is 6.00. The lowest BCUT2D eigenvalue weighted by Gasteiger charge is -2.32. The topological polar surface area (TPSA) is 65.0 Å². The number of aliphatic imine (C=N–C) groups is 1. The van der Waals surface area contributed by atoms with Crippen LogP contribution in [-0.4, -0.2) is 69.4 Å². The zero-order valence-electron chi connectivity index (χ0n) is 14.8. The second kappa shape index (κ2) is 10.8. The van der Waals surface area contributed by atoms with Crippen LogP contribution < -0.4 is 5.32 Å². The van der Waals surface area contributed by atoms with E-state index in [2.05, 4.69) is 17.2 Å². The summed E-state index contributed by atoms with van der Waals surface area (Å²) in [7, 11) is -1.58. The molecule has 0 aromatic heterocycles. The third-order valence-corrected chi connectivity index (χ3v) is 5.81. The summed E-state index contributed by atoms with van der Waals surface area (Å²) < 4.78 is 60.9. The molecule has 1 heterocycles. The standard InChI is InChI=1S/C14H27F3N4O2S.HI/c1-4-5-8-20(3)13(18-2)19-11-12-6-9-21(10-7-12)24(22,23)14(15,16)17;/h12H,4-11H2,1-3H3,(H,18,19);1H. The Morgan fingerprint density at radius 3 is 2.32 bits per heavy atom. The first kappa shape index (κ1) is 24.7. The van der Waals surface area contributed by atoms with Gasteiger partial charge in [0.05, 0.1) is 0 Å². The average Bonchev–Trinajstić information content (AvgIpc) is 2.52. The van der Waals surface area contributed by atoms with Crippen molar-refractivity contribution < 1.29 is 21.6 Å². The Labute approximate surface area is 165 Å². The van der Waals surface area contributed by atoms with Crippen molar-refractivity contribution in [3.8, 4) is 0 Å². The largest absolute Gasteiger partial charge is 0.511 e. The Hall–Kier alpha value is -0.300. The summed E-state index contributed by atoms with van der Waals surface area (Å²) in [5.41, 5.74) is -5.22. The maximum Gasteiger partial charge on any atom is 0.511 e. The second-order valence-corrected chi connectivity index (χ2v) is 7.93. The number of alkyl halides is 3. The molecule has 0 saturated carbocycles. The molecular formula is C14H28F3IN4O2S. The van der Waals surface area contributed by atoms with Gasteiger partial charge in [0.25, 0.3) is 0 Å². The van der Waals surface area contributed by atoms with Gasteiger partial charge in [0, 0.05) is 40.3 Å². The first-order valence-electron chi connectivity index (χ1n) is 8.11. The van der Waals surface area contributed by atoms with Gasteiger partial charge in [0.2, 0.25) is 0 Å². The van der Waals surface area contributed by atoms with Gasteiger partial charge < -0.3 is 10.2 Å². The minimum absolute atomic E-state index is 0. The third kappa shape index (κ3) is 7.08. The van der Waals surface area contributed by atoms with Crippen LogP contribution in [0.25, 0.3) is 0 Å². The molecule has 1 N–H and O–H groups in total. The molecule has 1 saturated heterocycles. The Kier molecular flexibility index (Phi) is 10.6. The monoisotopic (exact) mass is 500 g/mol. The third-order valence-electron chi connectivity index (χ3n) is 4.18. The van der Waals surface area contributed by atoms with Gasteiger partial charge in [-0.2, -0.15) is 17.5 Å². The summed E-state index contributed by atoms with van der Waals surface area (Å²) in [4.78, 5) is 6.19. The summed E-state index contributed by atoms with van der Waals surface area (Å²) in [5.74, 6) is 0.870. The minimum atomic E-state index is -5.22. The molecule has 25 heavy (non-hydrogen) atoms. The van der Waals surface area contributed by atoms with E-state index in [1.807, 2.05) is 11.9 Å². The Balaban J connectivity index is 0.00000576. The van der Waals surface area contributed by atoms with Crippen LogP contribution in [0.1, 0.15) is 32.6 Å². The van der Waals surface area contributed by atoms with E-state index in [-0.39, 0.29) is 43.0 Å². The van der Waals surface area contributed by atoms with E-state index in [4.69, 9.17) is 0 Å². The van der Waals surface area contributed by atoms with Gasteiger partial charge in [-0.25, -0.2) is 8.42 Å². The van der Waals surface area contributed by atoms with E-state index >= 15 is 0 Å². The van der Waals surface area contributed by atoms with Gasteiger partial charge in [-0.1, -0.05) is 13.3 Å². The van der Waals surface area contributed by atoms with Gasteiger partial charge in [-0.05, 0) is 25.2 Å². The summed E-state index contributed by atoms with van der Waals surface area (Å²) in [6.07, 6.45) is 2.92. The lowest BCUT2D eigenvalue weighted by atomic mass is 9.98. The van der Waals surface area contributed by atoms with E-state index in [1.54, 1.807) is 7.05 Å². The van der Waals surface area contributed by atoms with Gasteiger partial charge in [0.1, 0.15) is 0 Å². The zero-order chi connectivity index (χ0) is 18.4. The van der Waals surface area contributed by atoms with Crippen molar-refractivity contribution in [1.29, 1.82) is 0 Å². The SMILES string of the molecule is CCCCN(C)C(=NC)NCC1CCN(S(=O)(=O)C(F)(F)F)CC1.I. The molecule has 0 aromatic rings. The van der Waals surface area contributed by atoms with Crippen molar-refractivity contribution >= 4 is 40.0 Å². The molecule has 6 nitrogen and oxygen atoms in total. The number of sulfonamides is 1. The number of nitrogens with one attached hydrogen (secondary N) is 1. The molecule has 0 unspecified atom stereocenters. The number of hydrogen-bond acceptors (Lipinski definition) is 3. The molecule has 1 aliphatic rings. The molecule has 1 rings (SSSR count). The van der Waals surface area contributed by atoms with Crippen LogP contribution >= 0.6 is 24.0 Å². The highest BCUT2D eigenvalue weighted by Gasteiger charge is 2.50. The lowest BCUT2D eigenvalue weighted by molar-refractivity contribution is -0.0496. The van der Waals surface area contributed by atoms with E-state index in [9.17, 15) is 21.6 Å². The fraction of sp³-hybridized carbons (Fsp3) is 0.929. The smallest absolute Gasteiger partial charge is 0.356 e. The number of halogens is 4. The van der Waals surface area contributed by atoms with E-state index in [0.717, 1.165) is 25.3 Å². The van der Waals surface area contributed by atoms with Gasteiger partial charge in [0.15, 0.2) is 5.96 Å². The maximum atomic E-state index is 12.5. The Morgan fingerprint density at radius 1 is 1.32 bits per heavy atom. The number of guanidine groups is 1. The molecule has 11 heteroatoms. The van der Waals surface area contributed by atoms with Crippen molar-refractivity contribution in [1.82, 2.24) is 14.5 Å². The van der Waals surface area contributed by atoms with Crippen LogP contribution in [0.3, 0.4) is 0 Å². The fourth-order valence-electron chi connectivity index (χ4n) is 2.62. The predicted octanol–water partition coefficient (Wildman–Crippen LogP) is 2.47. The molecule has 0 atom stereocenters. The summed E-state index contributed by atoms with van der Waals surface area (Å²) in [5, 5.41) is 3.22. The van der Waals surface area contributed by atoms with Crippen LogP contribution in [0.15, 0.2) is 4.99 Å². The number of piperidine rings is 1. The van der Waals surface area contributed by atoms with E-state index < -0.39 is 15.5 Å². The van der Waals surface area contributed by atoms with E-state index in [1.165, 1.54) is 0 Å². The highest BCUT2D eigenvalue weighted by atomic mass is 127. The van der Waals surface area contributed by atoms with Crippen molar-refractivity contribution in [3.63, 3.8) is 0 Å². The van der Waals surface area contributed by atoms with Gasteiger partial charge >= 0.3 is 15.5 Å². The molecule has 1 fully saturated rings. The highest BCUT2D eigenvalue weighted by Crippen LogP contribution is 2.30. The number of hydrogen-bond donors (Lipinski definition) is 1. The Morgan fingerprint density at radius 2 is 1.88 bits per heavy atom. The van der Waals surface area contributed by atoms with Crippen LogP contribution in [0.2, 0.25) is 0 Å². The minimum Gasteiger partial charge on any atom is -0.356 e. The maximum absolute atomic E-state index is 12.5. The highest BCUT2D eigenvalue weighted by molar-refractivity contribution is 14.0. The Bertz CT molecular complexity index is 521. The fourth-order valence-corrected chi connectivity index (χ4v) is 3.61. The van der Waals surface area contributed by atoms with Gasteiger partial charge in [-0.3, -0.25) is 4.99 Å². The lowest BCUT2D eigenvalue weighted by Crippen LogP contribution is -2.47. The van der Waals surface area contributed by atoms with Crippen molar-refractivity contribution in [3.05, 3.63) is 0 Å². The van der Waals surface area contributed by atoms with Crippen LogP contribution in [0.5, 0.6) is 0 Å². The summed E-state index contributed by atoms with van der Waals surface area (Å²) in [6, 6.07) is 0. The first-order chi connectivity index (χ1) is 11.1. The molecule has 1 aliphatic heterocycles. The summed E-state index contributed by atoms with van der Waals surface area (Å²) in [6.45, 7) is 3.35. The number of unbranched alkanes of at least 4 members (excludes halogenated alkanes) is 1. The normalized spacial score (nSPS) is 17.9. The van der Waals surface area contributed by atoms with Crippen molar-refractivity contribution in [2.24, 2.45) is 10.9 Å². The molecule has 0 spiro atoms. The molecule has 0 aliphatic carbocycles. The molecule has 0 radical (unpaired) electrons. The van der Waals surface area contributed by atoms with Crippen molar-refractivity contribution in [2.75, 3.05) is 40.3 Å². The first-order valence-corrected chi connectivity index (χ1v) is 9.55. The summed E-state index contributed by atoms with van der Waals surface area (Å²) >= 11 is 0. The zero-order valence-corrected chi connectivity index (χ0v) is 18.0. The molecule has 0 aromatic carbocycles.